The van der Waals surface area contributed by atoms with Crippen molar-refractivity contribution < 1.29 is 9.90 Å². The van der Waals surface area contributed by atoms with Crippen LogP contribution in [0.25, 0.3) is 0 Å². The van der Waals surface area contributed by atoms with E-state index in [4.69, 9.17) is 5.11 Å². The lowest BCUT2D eigenvalue weighted by molar-refractivity contribution is -0.134. The van der Waals surface area contributed by atoms with Crippen LogP contribution in [0.2, 0.25) is 0 Å². The molecular formula is C21H24N6O2. The Kier molecular flexibility index (Phi) is 5.92. The van der Waals surface area contributed by atoms with Gasteiger partial charge in [-0.3, -0.25) is 4.79 Å². The molecular weight excluding hydrogens is 368 g/mol. The average Bonchev–Trinajstić information content (AvgIpc) is 2.58. The van der Waals surface area contributed by atoms with Crippen LogP contribution in [0, 0.1) is 27.7 Å². The molecule has 0 aliphatic rings. The van der Waals surface area contributed by atoms with E-state index >= 15 is 0 Å². The fraction of sp³-hybridized carbons (Fsp3) is 0.238. The van der Waals surface area contributed by atoms with Gasteiger partial charge >= 0.3 is 5.97 Å². The fourth-order valence-electron chi connectivity index (χ4n) is 3.07. The third-order valence-electron chi connectivity index (χ3n) is 3.99. The van der Waals surface area contributed by atoms with Gasteiger partial charge in [-0.15, -0.1) is 0 Å². The SMILES string of the molecule is Cc1cc(C)cc(Nc2nc(NCC(=O)O)nc(Nc3cc(C)cc(C)c3)n2)c1. The Morgan fingerprint density at radius 1 is 0.724 bits per heavy atom. The summed E-state index contributed by atoms with van der Waals surface area (Å²) in [6.45, 7) is 7.75. The molecule has 0 spiro atoms. The zero-order chi connectivity index (χ0) is 21.0. The normalized spacial score (nSPS) is 10.5. The summed E-state index contributed by atoms with van der Waals surface area (Å²) in [5.41, 5.74) is 6.13. The van der Waals surface area contributed by atoms with Gasteiger partial charge in [0.05, 0.1) is 0 Å². The lowest BCUT2D eigenvalue weighted by Crippen LogP contribution is -2.16. The van der Waals surface area contributed by atoms with Gasteiger partial charge in [0.15, 0.2) is 0 Å². The molecule has 0 aliphatic heterocycles. The monoisotopic (exact) mass is 392 g/mol. The first-order chi connectivity index (χ1) is 13.8. The van der Waals surface area contributed by atoms with Crippen LogP contribution in [-0.4, -0.2) is 32.6 Å². The zero-order valence-electron chi connectivity index (χ0n) is 16.9. The van der Waals surface area contributed by atoms with Gasteiger partial charge in [-0.1, -0.05) is 12.1 Å². The highest BCUT2D eigenvalue weighted by atomic mass is 16.4. The van der Waals surface area contributed by atoms with Gasteiger partial charge in [0.1, 0.15) is 6.54 Å². The minimum Gasteiger partial charge on any atom is -0.480 e. The number of nitrogens with zero attached hydrogens (tertiary/aromatic N) is 3. The summed E-state index contributed by atoms with van der Waals surface area (Å²) in [7, 11) is 0. The number of hydrogen-bond donors (Lipinski definition) is 4. The van der Waals surface area contributed by atoms with Crippen LogP contribution in [0.5, 0.6) is 0 Å². The van der Waals surface area contributed by atoms with Crippen LogP contribution >= 0.6 is 0 Å². The van der Waals surface area contributed by atoms with Gasteiger partial charge in [-0.05, 0) is 74.2 Å². The molecule has 8 nitrogen and oxygen atoms in total. The quantitative estimate of drug-likeness (QED) is 0.476. The molecule has 29 heavy (non-hydrogen) atoms. The Morgan fingerprint density at radius 2 is 1.10 bits per heavy atom. The van der Waals surface area contributed by atoms with Crippen molar-refractivity contribution in [2.24, 2.45) is 0 Å². The van der Waals surface area contributed by atoms with Gasteiger partial charge in [-0.2, -0.15) is 15.0 Å². The summed E-state index contributed by atoms with van der Waals surface area (Å²) < 4.78 is 0. The lowest BCUT2D eigenvalue weighted by Gasteiger charge is -2.12. The van der Waals surface area contributed by atoms with E-state index in [1.807, 2.05) is 52.0 Å². The molecule has 150 valence electrons. The Labute approximate surface area is 169 Å². The van der Waals surface area contributed by atoms with Crippen molar-refractivity contribution in [1.82, 2.24) is 15.0 Å². The highest BCUT2D eigenvalue weighted by molar-refractivity contribution is 5.72. The smallest absolute Gasteiger partial charge is 0.322 e. The van der Waals surface area contributed by atoms with Gasteiger partial charge < -0.3 is 21.1 Å². The number of benzene rings is 2. The molecule has 3 aromatic rings. The summed E-state index contributed by atoms with van der Waals surface area (Å²) in [5.74, 6) is -0.214. The van der Waals surface area contributed by atoms with Gasteiger partial charge in [0, 0.05) is 11.4 Å². The van der Waals surface area contributed by atoms with Crippen LogP contribution in [0.4, 0.5) is 29.2 Å². The first-order valence-electron chi connectivity index (χ1n) is 9.19. The molecule has 0 saturated carbocycles. The first kappa shape index (κ1) is 20.1. The number of nitrogens with one attached hydrogen (secondary N) is 3. The molecule has 1 heterocycles. The van der Waals surface area contributed by atoms with Crippen LogP contribution in [0.15, 0.2) is 36.4 Å². The molecule has 8 heteroatoms. The Morgan fingerprint density at radius 3 is 1.48 bits per heavy atom. The maximum Gasteiger partial charge on any atom is 0.322 e. The lowest BCUT2D eigenvalue weighted by atomic mass is 10.1. The van der Waals surface area contributed by atoms with Crippen LogP contribution in [0.1, 0.15) is 22.3 Å². The second-order valence-electron chi connectivity index (χ2n) is 7.06. The van der Waals surface area contributed by atoms with E-state index in [1.54, 1.807) is 0 Å². The third kappa shape index (κ3) is 5.90. The molecule has 4 N–H and O–H groups in total. The standard InChI is InChI=1S/C21H24N6O2/c1-12-5-13(2)8-16(7-12)23-20-25-19(22-11-18(28)29)26-21(27-20)24-17-9-14(3)6-15(4)10-17/h5-10H,11H2,1-4H3,(H,28,29)(H3,22,23,24,25,26,27). The highest BCUT2D eigenvalue weighted by Crippen LogP contribution is 2.21. The number of aliphatic carboxylic acids is 1. The van der Waals surface area contributed by atoms with E-state index in [2.05, 4.69) is 43.0 Å². The highest BCUT2D eigenvalue weighted by Gasteiger charge is 2.10. The summed E-state index contributed by atoms with van der Waals surface area (Å²) in [4.78, 5) is 23.9. The van der Waals surface area contributed by atoms with Crippen molar-refractivity contribution in [1.29, 1.82) is 0 Å². The largest absolute Gasteiger partial charge is 0.480 e. The number of aryl methyl sites for hydroxylation is 4. The maximum absolute atomic E-state index is 10.9. The number of anilines is 5. The van der Waals surface area contributed by atoms with E-state index in [9.17, 15) is 4.79 Å². The molecule has 3 rings (SSSR count). The van der Waals surface area contributed by atoms with Crippen molar-refractivity contribution in [2.45, 2.75) is 27.7 Å². The number of aromatic nitrogens is 3. The second-order valence-corrected chi connectivity index (χ2v) is 7.06. The molecule has 1 aromatic heterocycles. The minimum atomic E-state index is -1.00. The fourth-order valence-corrected chi connectivity index (χ4v) is 3.07. The van der Waals surface area contributed by atoms with Gasteiger partial charge in [0.25, 0.3) is 0 Å². The number of rotatable bonds is 7. The summed E-state index contributed by atoms with van der Waals surface area (Å²) >= 11 is 0. The third-order valence-corrected chi connectivity index (χ3v) is 3.99. The summed E-state index contributed by atoms with van der Waals surface area (Å²) in [6, 6.07) is 12.1. The predicted molar refractivity (Wildman–Crippen MR) is 114 cm³/mol. The topological polar surface area (TPSA) is 112 Å². The van der Waals surface area contributed by atoms with E-state index in [1.165, 1.54) is 0 Å². The minimum absolute atomic E-state index is 0.168. The van der Waals surface area contributed by atoms with Gasteiger partial charge in [-0.25, -0.2) is 0 Å². The molecule has 0 atom stereocenters. The number of hydrogen-bond acceptors (Lipinski definition) is 7. The molecule has 0 bridgehead atoms. The van der Waals surface area contributed by atoms with Crippen molar-refractivity contribution in [3.8, 4) is 0 Å². The molecule has 0 aliphatic carbocycles. The Balaban J connectivity index is 1.92. The summed E-state index contributed by atoms with van der Waals surface area (Å²) in [6.07, 6.45) is 0. The van der Waals surface area contributed by atoms with Crippen LogP contribution in [0.3, 0.4) is 0 Å². The van der Waals surface area contributed by atoms with Crippen LogP contribution < -0.4 is 16.0 Å². The van der Waals surface area contributed by atoms with Crippen molar-refractivity contribution in [2.75, 3.05) is 22.5 Å². The average molecular weight is 392 g/mol. The number of carbonyl (C=O) groups is 1. The zero-order valence-corrected chi connectivity index (χ0v) is 16.9. The van der Waals surface area contributed by atoms with E-state index in [0.717, 1.165) is 33.6 Å². The maximum atomic E-state index is 10.9. The number of carboxylic acids is 1. The molecule has 0 saturated heterocycles. The Bertz CT molecular complexity index is 939. The molecule has 0 unspecified atom stereocenters. The predicted octanol–water partition coefficient (Wildman–Crippen LogP) is 4.09. The van der Waals surface area contributed by atoms with Gasteiger partial charge in [0.2, 0.25) is 17.8 Å². The van der Waals surface area contributed by atoms with E-state index in [0.29, 0.717) is 11.9 Å². The molecule has 2 aromatic carbocycles. The number of carboxylic acid groups (broad SMARTS) is 1. The summed E-state index contributed by atoms with van der Waals surface area (Å²) in [5, 5.41) is 18.0. The first-order valence-corrected chi connectivity index (χ1v) is 9.19. The van der Waals surface area contributed by atoms with Crippen LogP contribution in [-0.2, 0) is 4.79 Å². The molecule has 0 amide bonds. The molecule has 0 radical (unpaired) electrons. The molecule has 0 fully saturated rings. The van der Waals surface area contributed by atoms with E-state index < -0.39 is 5.97 Å². The van der Waals surface area contributed by atoms with E-state index in [-0.39, 0.29) is 12.5 Å². The van der Waals surface area contributed by atoms with Crippen molar-refractivity contribution in [3.05, 3.63) is 58.7 Å². The van der Waals surface area contributed by atoms with Crippen molar-refractivity contribution in [3.63, 3.8) is 0 Å². The Hall–Kier alpha value is -3.68. The van der Waals surface area contributed by atoms with Crippen molar-refractivity contribution >= 4 is 35.2 Å². The second kappa shape index (κ2) is 8.55.